The maximum Gasteiger partial charge on any atom is 0.236 e. The second-order valence-corrected chi connectivity index (χ2v) is 7.55. The smallest absolute Gasteiger partial charge is 0.236 e. The fraction of sp³-hybridized carbons (Fsp3) is 0.154. The number of hydrogen-bond donors (Lipinski definition) is 1. The van der Waals surface area contributed by atoms with Crippen molar-refractivity contribution in [1.82, 2.24) is 9.97 Å². The summed E-state index contributed by atoms with van der Waals surface area (Å²) in [7, 11) is 0. The lowest BCUT2D eigenvalue weighted by Gasteiger charge is -1.99. The summed E-state index contributed by atoms with van der Waals surface area (Å²) in [5.41, 5.74) is 0.580. The van der Waals surface area contributed by atoms with Gasteiger partial charge >= 0.3 is 0 Å². The lowest BCUT2D eigenvalue weighted by atomic mass is 10.3. The number of amides is 1. The number of carbonyl (C=O) groups is 1. The Kier molecular flexibility index (Phi) is 4.55. The van der Waals surface area contributed by atoms with E-state index in [0.717, 1.165) is 27.4 Å². The zero-order valence-electron chi connectivity index (χ0n) is 11.5. The van der Waals surface area contributed by atoms with Crippen LogP contribution in [0.4, 0.5) is 18.3 Å². The number of nitrogens with zero attached hydrogens (tertiary/aromatic N) is 2. The van der Waals surface area contributed by atoms with Gasteiger partial charge in [0.1, 0.15) is 5.52 Å². The van der Waals surface area contributed by atoms with Crippen molar-refractivity contribution in [2.24, 2.45) is 0 Å². The molecule has 0 saturated heterocycles. The van der Waals surface area contributed by atoms with Gasteiger partial charge in [-0.05, 0) is 13.0 Å². The first kappa shape index (κ1) is 16.2. The number of aromatic nitrogens is 2. The van der Waals surface area contributed by atoms with Crippen LogP contribution in [0.2, 0.25) is 0 Å². The minimum atomic E-state index is -1.57. The minimum Gasteiger partial charge on any atom is -0.301 e. The van der Waals surface area contributed by atoms with Crippen LogP contribution in [0.1, 0.15) is 5.69 Å². The number of fused-ring (bicyclic) bond motifs is 1. The molecule has 1 aromatic carbocycles. The summed E-state index contributed by atoms with van der Waals surface area (Å²) >= 11 is 3.57. The molecule has 1 N–H and O–H groups in total. The molecule has 1 amide bonds. The molecule has 0 aliphatic carbocycles. The number of thioether (sulfide) groups is 1. The van der Waals surface area contributed by atoms with Gasteiger partial charge in [0.05, 0.1) is 10.5 Å². The molecule has 4 nitrogen and oxygen atoms in total. The fourth-order valence-electron chi connectivity index (χ4n) is 1.71. The van der Waals surface area contributed by atoms with E-state index < -0.39 is 17.5 Å². The molecule has 3 aromatic rings. The SMILES string of the molecule is Cc1csc(SCC(=O)Nc2nc3c(F)c(F)c(F)cc3s2)n1. The molecule has 120 valence electrons. The number of halogens is 3. The fourth-order valence-corrected chi connectivity index (χ4v) is 4.26. The quantitative estimate of drug-likeness (QED) is 0.548. The molecule has 0 fully saturated rings. The van der Waals surface area contributed by atoms with E-state index in [0.29, 0.717) is 0 Å². The standard InChI is InChI=1S/C13H8F3N3OS3/c1-5-3-21-13(17-5)22-4-8(20)18-12-19-11-7(23-12)2-6(14)9(15)10(11)16/h2-3H,4H2,1H3,(H,18,19,20). The van der Waals surface area contributed by atoms with Crippen LogP contribution in [0.5, 0.6) is 0 Å². The Morgan fingerprint density at radius 2 is 2.09 bits per heavy atom. The third-order valence-electron chi connectivity index (χ3n) is 2.69. The summed E-state index contributed by atoms with van der Waals surface area (Å²) in [5.74, 6) is -4.47. The number of rotatable bonds is 4. The zero-order valence-corrected chi connectivity index (χ0v) is 14.0. The summed E-state index contributed by atoms with van der Waals surface area (Å²) < 4.78 is 40.8. The molecule has 0 bridgehead atoms. The molecule has 0 saturated carbocycles. The van der Waals surface area contributed by atoms with E-state index in [4.69, 9.17) is 0 Å². The third kappa shape index (κ3) is 3.48. The second kappa shape index (κ2) is 6.46. The molecule has 10 heteroatoms. The Bertz CT molecular complexity index is 893. The van der Waals surface area contributed by atoms with Gasteiger partial charge in [-0.3, -0.25) is 4.79 Å². The van der Waals surface area contributed by atoms with Crippen molar-refractivity contribution >= 4 is 55.7 Å². The van der Waals surface area contributed by atoms with Crippen molar-refractivity contribution in [2.75, 3.05) is 11.1 Å². The molecule has 0 unspecified atom stereocenters. The number of benzene rings is 1. The van der Waals surface area contributed by atoms with E-state index in [9.17, 15) is 18.0 Å². The van der Waals surface area contributed by atoms with E-state index in [1.165, 1.54) is 23.1 Å². The normalized spacial score (nSPS) is 11.1. The van der Waals surface area contributed by atoms with Crippen LogP contribution < -0.4 is 5.32 Å². The van der Waals surface area contributed by atoms with Gasteiger partial charge in [-0.2, -0.15) is 0 Å². The average molecular weight is 375 g/mol. The highest BCUT2D eigenvalue weighted by Crippen LogP contribution is 2.30. The Hall–Kier alpha value is -1.65. The summed E-state index contributed by atoms with van der Waals surface area (Å²) in [6.45, 7) is 1.86. The molecular formula is C13H8F3N3OS3. The van der Waals surface area contributed by atoms with E-state index in [1.54, 1.807) is 0 Å². The van der Waals surface area contributed by atoms with Crippen molar-refractivity contribution < 1.29 is 18.0 Å². The van der Waals surface area contributed by atoms with Crippen LogP contribution in [-0.2, 0) is 4.79 Å². The van der Waals surface area contributed by atoms with Crippen LogP contribution in [0.15, 0.2) is 15.8 Å². The van der Waals surface area contributed by atoms with E-state index >= 15 is 0 Å². The second-order valence-electron chi connectivity index (χ2n) is 4.44. The topological polar surface area (TPSA) is 54.9 Å². The molecule has 0 radical (unpaired) electrons. The largest absolute Gasteiger partial charge is 0.301 e. The van der Waals surface area contributed by atoms with Crippen molar-refractivity contribution in [2.45, 2.75) is 11.3 Å². The molecule has 0 aliphatic heterocycles. The van der Waals surface area contributed by atoms with Gasteiger partial charge in [-0.25, -0.2) is 23.1 Å². The van der Waals surface area contributed by atoms with Gasteiger partial charge in [0.2, 0.25) is 5.91 Å². The first-order valence-electron chi connectivity index (χ1n) is 6.23. The monoisotopic (exact) mass is 375 g/mol. The summed E-state index contributed by atoms with van der Waals surface area (Å²) in [6.07, 6.45) is 0. The van der Waals surface area contributed by atoms with Crippen LogP contribution >= 0.6 is 34.4 Å². The van der Waals surface area contributed by atoms with Crippen LogP contribution in [0.3, 0.4) is 0 Å². The Labute approximate surface area is 140 Å². The number of hydrogen-bond acceptors (Lipinski definition) is 6. The van der Waals surface area contributed by atoms with Crippen molar-refractivity contribution in [1.29, 1.82) is 0 Å². The van der Waals surface area contributed by atoms with Gasteiger partial charge in [-0.1, -0.05) is 23.1 Å². The zero-order chi connectivity index (χ0) is 16.6. The molecule has 0 spiro atoms. The molecular weight excluding hydrogens is 367 g/mol. The highest BCUT2D eigenvalue weighted by Gasteiger charge is 2.18. The van der Waals surface area contributed by atoms with E-state index in [1.807, 2.05) is 12.3 Å². The Morgan fingerprint density at radius 3 is 2.78 bits per heavy atom. The van der Waals surface area contributed by atoms with Crippen LogP contribution in [-0.4, -0.2) is 21.6 Å². The third-order valence-corrected chi connectivity index (χ3v) is 5.75. The van der Waals surface area contributed by atoms with Gasteiger partial charge in [0.25, 0.3) is 0 Å². The lowest BCUT2D eigenvalue weighted by Crippen LogP contribution is -2.13. The molecule has 23 heavy (non-hydrogen) atoms. The predicted octanol–water partition coefficient (Wildman–Crippen LogP) is 4.21. The number of anilines is 1. The van der Waals surface area contributed by atoms with E-state index in [2.05, 4.69) is 15.3 Å². The minimum absolute atomic E-state index is 0.0878. The molecule has 3 rings (SSSR count). The Morgan fingerprint density at radius 1 is 1.30 bits per heavy atom. The number of carbonyl (C=O) groups excluding carboxylic acids is 1. The van der Waals surface area contributed by atoms with Crippen molar-refractivity contribution in [3.05, 3.63) is 34.6 Å². The lowest BCUT2D eigenvalue weighted by molar-refractivity contribution is -0.113. The molecule has 2 heterocycles. The van der Waals surface area contributed by atoms with Crippen molar-refractivity contribution in [3.63, 3.8) is 0 Å². The van der Waals surface area contributed by atoms with E-state index in [-0.39, 0.29) is 27.0 Å². The summed E-state index contributed by atoms with van der Waals surface area (Å²) in [5, 5.41) is 4.45. The summed E-state index contributed by atoms with van der Waals surface area (Å²) in [6, 6.07) is 0.855. The highest BCUT2D eigenvalue weighted by molar-refractivity contribution is 8.01. The van der Waals surface area contributed by atoms with Gasteiger partial charge in [0.15, 0.2) is 26.9 Å². The van der Waals surface area contributed by atoms with Gasteiger partial charge in [-0.15, -0.1) is 11.3 Å². The maximum atomic E-state index is 13.6. The first-order valence-corrected chi connectivity index (χ1v) is 8.91. The summed E-state index contributed by atoms with van der Waals surface area (Å²) in [4.78, 5) is 19.9. The number of nitrogens with one attached hydrogen (secondary N) is 1. The first-order chi connectivity index (χ1) is 10.9. The molecule has 0 atom stereocenters. The van der Waals surface area contributed by atoms with Gasteiger partial charge in [0, 0.05) is 11.1 Å². The number of thiazole rings is 2. The van der Waals surface area contributed by atoms with Gasteiger partial charge < -0.3 is 5.32 Å². The van der Waals surface area contributed by atoms with Crippen molar-refractivity contribution in [3.8, 4) is 0 Å². The Balaban J connectivity index is 1.71. The average Bonchev–Trinajstić information content (AvgIpc) is 3.09. The maximum absolute atomic E-state index is 13.6. The molecule has 2 aromatic heterocycles. The predicted molar refractivity (Wildman–Crippen MR) is 85.7 cm³/mol. The highest BCUT2D eigenvalue weighted by atomic mass is 32.2. The molecule has 0 aliphatic rings. The van der Waals surface area contributed by atoms with Crippen LogP contribution in [0, 0.1) is 24.4 Å². The van der Waals surface area contributed by atoms with Crippen LogP contribution in [0.25, 0.3) is 10.2 Å². The number of aryl methyl sites for hydroxylation is 1.